The van der Waals surface area contributed by atoms with Crippen molar-refractivity contribution in [1.82, 2.24) is 4.90 Å². The third kappa shape index (κ3) is 4.31. The van der Waals surface area contributed by atoms with E-state index in [4.69, 9.17) is 0 Å². The Labute approximate surface area is 137 Å². The summed E-state index contributed by atoms with van der Waals surface area (Å²) in [5.41, 5.74) is 0.283. The highest BCUT2D eigenvalue weighted by Crippen LogP contribution is 2.33. The Morgan fingerprint density at radius 1 is 1.26 bits per heavy atom. The largest absolute Gasteiger partial charge is 0.389 e. The van der Waals surface area contributed by atoms with E-state index in [9.17, 15) is 14.3 Å². The third-order valence-corrected chi connectivity index (χ3v) is 5.40. The number of rotatable bonds is 4. The van der Waals surface area contributed by atoms with Gasteiger partial charge in [0.05, 0.1) is 12.0 Å². The summed E-state index contributed by atoms with van der Waals surface area (Å²) >= 11 is 0. The number of hydrogen-bond donors (Lipinski definition) is 1. The molecule has 1 amide bonds. The summed E-state index contributed by atoms with van der Waals surface area (Å²) in [6, 6.07) is 6.80. The lowest BCUT2D eigenvalue weighted by molar-refractivity contribution is -0.137. The molecule has 1 aromatic carbocycles. The van der Waals surface area contributed by atoms with Crippen LogP contribution in [0.5, 0.6) is 0 Å². The zero-order valence-corrected chi connectivity index (χ0v) is 13.6. The number of hydrogen-bond acceptors (Lipinski definition) is 2. The van der Waals surface area contributed by atoms with Gasteiger partial charge in [0.1, 0.15) is 5.82 Å². The molecule has 3 nitrogen and oxygen atoms in total. The van der Waals surface area contributed by atoms with Crippen LogP contribution >= 0.6 is 0 Å². The molecule has 2 aliphatic rings. The van der Waals surface area contributed by atoms with E-state index < -0.39 is 5.60 Å². The molecular weight excluding hydrogens is 293 g/mol. The van der Waals surface area contributed by atoms with Crippen LogP contribution in [0.25, 0.3) is 0 Å². The molecule has 0 bridgehead atoms. The van der Waals surface area contributed by atoms with E-state index in [0.717, 1.165) is 63.6 Å². The second-order valence-corrected chi connectivity index (χ2v) is 7.27. The van der Waals surface area contributed by atoms with E-state index in [0.29, 0.717) is 5.92 Å². The lowest BCUT2D eigenvalue weighted by Gasteiger charge is -2.34. The van der Waals surface area contributed by atoms with Gasteiger partial charge in [-0.15, -0.1) is 0 Å². The Bertz CT molecular complexity index is 546. The number of nitrogens with zero attached hydrogens (tertiary/aromatic N) is 1. The second-order valence-electron chi connectivity index (χ2n) is 7.27. The van der Waals surface area contributed by atoms with Gasteiger partial charge in [-0.1, -0.05) is 25.0 Å². The van der Waals surface area contributed by atoms with Crippen LogP contribution in [0.1, 0.15) is 50.5 Å². The molecule has 1 saturated heterocycles. The van der Waals surface area contributed by atoms with Crippen LogP contribution in [0.2, 0.25) is 0 Å². The summed E-state index contributed by atoms with van der Waals surface area (Å²) in [7, 11) is 0. The van der Waals surface area contributed by atoms with Crippen molar-refractivity contribution in [2.75, 3.05) is 13.1 Å². The number of halogens is 1. The first-order valence-corrected chi connectivity index (χ1v) is 8.79. The first kappa shape index (κ1) is 16.4. The van der Waals surface area contributed by atoms with Gasteiger partial charge in [0.2, 0.25) is 5.91 Å². The van der Waals surface area contributed by atoms with Gasteiger partial charge in [0.15, 0.2) is 0 Å². The zero-order valence-electron chi connectivity index (χ0n) is 13.6. The summed E-state index contributed by atoms with van der Waals surface area (Å²) in [6.45, 7) is 1.52. The summed E-state index contributed by atoms with van der Waals surface area (Å²) in [5.74, 6) is 0.425. The van der Waals surface area contributed by atoms with Crippen molar-refractivity contribution in [3.8, 4) is 0 Å². The number of amides is 1. The fourth-order valence-corrected chi connectivity index (χ4v) is 3.99. The van der Waals surface area contributed by atoms with Crippen molar-refractivity contribution in [1.29, 1.82) is 0 Å². The molecule has 1 saturated carbocycles. The van der Waals surface area contributed by atoms with Crippen molar-refractivity contribution in [2.45, 2.75) is 57.0 Å². The molecule has 0 aromatic heterocycles. The van der Waals surface area contributed by atoms with Crippen LogP contribution in [-0.4, -0.2) is 34.6 Å². The van der Waals surface area contributed by atoms with E-state index >= 15 is 0 Å². The molecule has 1 N–H and O–H groups in total. The molecule has 0 atom stereocenters. The molecule has 1 aromatic rings. The SMILES string of the molecule is O=C(CC1(O)CCCC1)N1CCC(Cc2cccc(F)c2)CC1. The van der Waals surface area contributed by atoms with Gasteiger partial charge < -0.3 is 10.0 Å². The molecule has 4 heteroatoms. The fraction of sp³-hybridized carbons (Fsp3) is 0.632. The van der Waals surface area contributed by atoms with Crippen LogP contribution in [0, 0.1) is 11.7 Å². The summed E-state index contributed by atoms with van der Waals surface area (Å²) < 4.78 is 13.2. The molecule has 3 rings (SSSR count). The minimum Gasteiger partial charge on any atom is -0.389 e. The zero-order chi connectivity index (χ0) is 16.3. The van der Waals surface area contributed by atoms with Gasteiger partial charge in [-0.25, -0.2) is 4.39 Å². The normalized spacial score (nSPS) is 21.6. The highest BCUT2D eigenvalue weighted by atomic mass is 19.1. The summed E-state index contributed by atoms with van der Waals surface area (Å²) in [5, 5.41) is 10.4. The van der Waals surface area contributed by atoms with Crippen LogP contribution < -0.4 is 0 Å². The molecule has 1 aliphatic heterocycles. The maximum absolute atomic E-state index is 13.2. The fourth-order valence-electron chi connectivity index (χ4n) is 3.99. The second kappa shape index (κ2) is 7.00. The molecule has 126 valence electrons. The van der Waals surface area contributed by atoms with Crippen LogP contribution in [0.4, 0.5) is 4.39 Å². The number of carbonyl (C=O) groups excluding carboxylic acids is 1. The van der Waals surface area contributed by atoms with Gasteiger partial charge in [0, 0.05) is 13.1 Å². The number of carbonyl (C=O) groups is 1. The van der Waals surface area contributed by atoms with E-state index in [2.05, 4.69) is 0 Å². The van der Waals surface area contributed by atoms with E-state index in [-0.39, 0.29) is 18.1 Å². The predicted octanol–water partition coefficient (Wildman–Crippen LogP) is 3.30. The molecule has 1 aliphatic carbocycles. The maximum Gasteiger partial charge on any atom is 0.225 e. The smallest absolute Gasteiger partial charge is 0.225 e. The number of aliphatic hydroxyl groups is 1. The van der Waals surface area contributed by atoms with Gasteiger partial charge in [-0.2, -0.15) is 0 Å². The standard InChI is InChI=1S/C19H26FNO2/c20-17-5-3-4-16(13-17)12-15-6-10-21(11-7-15)18(22)14-19(23)8-1-2-9-19/h3-5,13,15,23H,1-2,6-12,14H2. The third-order valence-electron chi connectivity index (χ3n) is 5.40. The Balaban J connectivity index is 1.47. The Morgan fingerprint density at radius 2 is 1.96 bits per heavy atom. The molecule has 0 unspecified atom stereocenters. The minimum atomic E-state index is -0.754. The van der Waals surface area contributed by atoms with Gasteiger partial charge >= 0.3 is 0 Å². The molecule has 2 fully saturated rings. The highest BCUT2D eigenvalue weighted by molar-refractivity contribution is 5.77. The maximum atomic E-state index is 13.2. The predicted molar refractivity (Wildman–Crippen MR) is 87.4 cm³/mol. The summed E-state index contributed by atoms with van der Waals surface area (Å²) in [4.78, 5) is 14.3. The van der Waals surface area contributed by atoms with E-state index in [1.807, 2.05) is 11.0 Å². The van der Waals surface area contributed by atoms with Crippen LogP contribution in [0.15, 0.2) is 24.3 Å². The molecule has 0 spiro atoms. The average molecular weight is 319 g/mol. The monoisotopic (exact) mass is 319 g/mol. The Hall–Kier alpha value is -1.42. The number of benzene rings is 1. The molecular formula is C19H26FNO2. The molecule has 0 radical (unpaired) electrons. The lowest BCUT2D eigenvalue weighted by Crippen LogP contribution is -2.42. The van der Waals surface area contributed by atoms with Crippen LogP contribution in [0.3, 0.4) is 0 Å². The van der Waals surface area contributed by atoms with Gasteiger partial charge in [0.25, 0.3) is 0 Å². The van der Waals surface area contributed by atoms with E-state index in [1.165, 1.54) is 6.07 Å². The summed E-state index contributed by atoms with van der Waals surface area (Å²) in [6.07, 6.45) is 6.65. The first-order valence-electron chi connectivity index (χ1n) is 8.79. The van der Waals surface area contributed by atoms with Gasteiger partial charge in [-0.05, 0) is 55.7 Å². The quantitative estimate of drug-likeness (QED) is 0.925. The minimum absolute atomic E-state index is 0.0959. The topological polar surface area (TPSA) is 40.5 Å². The Kier molecular flexibility index (Phi) is 5.00. The lowest BCUT2D eigenvalue weighted by atomic mass is 9.89. The molecule has 23 heavy (non-hydrogen) atoms. The van der Waals surface area contributed by atoms with Crippen molar-refractivity contribution < 1.29 is 14.3 Å². The van der Waals surface area contributed by atoms with E-state index in [1.54, 1.807) is 12.1 Å². The van der Waals surface area contributed by atoms with Crippen molar-refractivity contribution >= 4 is 5.91 Å². The van der Waals surface area contributed by atoms with Crippen LogP contribution in [-0.2, 0) is 11.2 Å². The van der Waals surface area contributed by atoms with Crippen molar-refractivity contribution in [3.05, 3.63) is 35.6 Å². The van der Waals surface area contributed by atoms with Crippen molar-refractivity contribution in [3.63, 3.8) is 0 Å². The molecule has 1 heterocycles. The van der Waals surface area contributed by atoms with Crippen molar-refractivity contribution in [2.24, 2.45) is 5.92 Å². The number of likely N-dealkylation sites (tertiary alicyclic amines) is 1. The average Bonchev–Trinajstić information content (AvgIpc) is 2.94. The highest BCUT2D eigenvalue weighted by Gasteiger charge is 2.35. The first-order chi connectivity index (χ1) is 11.0. The Morgan fingerprint density at radius 3 is 2.61 bits per heavy atom. The van der Waals surface area contributed by atoms with Gasteiger partial charge in [-0.3, -0.25) is 4.79 Å². The number of piperidine rings is 1.